The highest BCUT2D eigenvalue weighted by molar-refractivity contribution is 9.10. The van der Waals surface area contributed by atoms with Crippen LogP contribution in [0.3, 0.4) is 0 Å². The molecule has 0 N–H and O–H groups in total. The van der Waals surface area contributed by atoms with Crippen LogP contribution < -0.4 is 4.74 Å². The maximum atomic E-state index is 12.0. The Morgan fingerprint density at radius 3 is 2.62 bits per heavy atom. The first-order valence-corrected chi connectivity index (χ1v) is 7.01. The first-order chi connectivity index (χ1) is 10.2. The Labute approximate surface area is 129 Å². The lowest BCUT2D eigenvalue weighted by atomic mass is 10.2. The van der Waals surface area contributed by atoms with Gasteiger partial charge in [-0.1, -0.05) is 57.5 Å². The molecule has 0 spiro atoms. The predicted octanol–water partition coefficient (Wildman–Crippen LogP) is 4.32. The monoisotopic (exact) mass is 343 g/mol. The molecule has 2 aromatic carbocycles. The molecule has 0 unspecified atom stereocenters. The Balaban J connectivity index is 1.78. The summed E-state index contributed by atoms with van der Waals surface area (Å²) in [4.78, 5) is 12.0. The number of halogens is 1. The quantitative estimate of drug-likeness (QED) is 0.524. The van der Waals surface area contributed by atoms with E-state index in [4.69, 9.17) is 9.26 Å². The summed E-state index contributed by atoms with van der Waals surface area (Å²) in [5.41, 5.74) is 0.986. The molecular weight excluding hydrogens is 334 g/mol. The van der Waals surface area contributed by atoms with Crippen LogP contribution in [0.25, 0.3) is 11.3 Å². The molecule has 1 aromatic heterocycles. The van der Waals surface area contributed by atoms with E-state index in [1.807, 2.05) is 36.4 Å². The zero-order chi connectivity index (χ0) is 14.7. The molecule has 5 heteroatoms. The standard InChI is InChI=1S/C16H10BrNO3/c17-12-7-4-8-13(9-12)20-16(19)14-10-15(21-18-14)11-5-2-1-3-6-11/h1-10H. The van der Waals surface area contributed by atoms with E-state index < -0.39 is 5.97 Å². The topological polar surface area (TPSA) is 52.3 Å². The fourth-order valence-electron chi connectivity index (χ4n) is 1.80. The maximum Gasteiger partial charge on any atom is 0.365 e. The average molecular weight is 344 g/mol. The zero-order valence-electron chi connectivity index (χ0n) is 10.8. The summed E-state index contributed by atoms with van der Waals surface area (Å²) in [6, 6.07) is 18.0. The van der Waals surface area contributed by atoms with Crippen LogP contribution in [0.2, 0.25) is 0 Å². The Morgan fingerprint density at radius 1 is 1.05 bits per heavy atom. The molecule has 0 bridgehead atoms. The molecule has 1 heterocycles. The second-order valence-corrected chi connectivity index (χ2v) is 5.20. The van der Waals surface area contributed by atoms with E-state index in [0.29, 0.717) is 11.5 Å². The summed E-state index contributed by atoms with van der Waals surface area (Å²) >= 11 is 3.32. The average Bonchev–Trinajstić information content (AvgIpc) is 2.98. The van der Waals surface area contributed by atoms with E-state index in [-0.39, 0.29) is 5.69 Å². The van der Waals surface area contributed by atoms with Crippen molar-refractivity contribution in [2.24, 2.45) is 0 Å². The fraction of sp³-hybridized carbons (Fsp3) is 0. The Bertz CT molecular complexity index is 768. The number of ether oxygens (including phenoxy) is 1. The fourth-order valence-corrected chi connectivity index (χ4v) is 2.18. The molecule has 21 heavy (non-hydrogen) atoms. The maximum absolute atomic E-state index is 12.0. The molecule has 0 amide bonds. The first-order valence-electron chi connectivity index (χ1n) is 6.22. The number of hydrogen-bond acceptors (Lipinski definition) is 4. The minimum absolute atomic E-state index is 0.133. The van der Waals surface area contributed by atoms with E-state index >= 15 is 0 Å². The summed E-state index contributed by atoms with van der Waals surface area (Å²) in [5.74, 6) is 0.412. The third-order valence-corrected chi connectivity index (χ3v) is 3.28. The van der Waals surface area contributed by atoms with Crippen molar-refractivity contribution < 1.29 is 14.1 Å². The Hall–Kier alpha value is -2.40. The number of benzene rings is 2. The van der Waals surface area contributed by atoms with E-state index in [1.54, 1.807) is 24.3 Å². The van der Waals surface area contributed by atoms with Gasteiger partial charge in [-0.05, 0) is 18.2 Å². The normalized spacial score (nSPS) is 10.3. The van der Waals surface area contributed by atoms with Gasteiger partial charge in [-0.2, -0.15) is 0 Å². The van der Waals surface area contributed by atoms with Crippen molar-refractivity contribution >= 4 is 21.9 Å². The SMILES string of the molecule is O=C(Oc1cccc(Br)c1)c1cc(-c2ccccc2)on1. The number of carbonyl (C=O) groups is 1. The van der Waals surface area contributed by atoms with Gasteiger partial charge in [0.1, 0.15) is 5.75 Å². The molecule has 3 aromatic rings. The third kappa shape index (κ3) is 3.20. The molecule has 0 aliphatic heterocycles. The number of rotatable bonds is 3. The number of esters is 1. The van der Waals surface area contributed by atoms with Crippen LogP contribution in [0.5, 0.6) is 5.75 Å². The Morgan fingerprint density at radius 2 is 1.86 bits per heavy atom. The minimum Gasteiger partial charge on any atom is -0.422 e. The predicted molar refractivity (Wildman–Crippen MR) is 81.0 cm³/mol. The van der Waals surface area contributed by atoms with Gasteiger partial charge in [0, 0.05) is 16.1 Å². The summed E-state index contributed by atoms with van der Waals surface area (Å²) in [5, 5.41) is 3.75. The van der Waals surface area contributed by atoms with Crippen molar-refractivity contribution in [2.45, 2.75) is 0 Å². The van der Waals surface area contributed by atoms with Crippen LogP contribution in [-0.2, 0) is 0 Å². The number of aromatic nitrogens is 1. The van der Waals surface area contributed by atoms with Crippen molar-refractivity contribution in [3.8, 4) is 17.1 Å². The van der Waals surface area contributed by atoms with Gasteiger partial charge in [-0.3, -0.25) is 0 Å². The van der Waals surface area contributed by atoms with Gasteiger partial charge in [0.2, 0.25) is 0 Å². The van der Waals surface area contributed by atoms with Gasteiger partial charge >= 0.3 is 5.97 Å². The van der Waals surface area contributed by atoms with E-state index in [2.05, 4.69) is 21.1 Å². The van der Waals surface area contributed by atoms with Gasteiger partial charge in [-0.25, -0.2) is 4.79 Å². The van der Waals surface area contributed by atoms with E-state index in [9.17, 15) is 4.79 Å². The minimum atomic E-state index is -0.556. The van der Waals surface area contributed by atoms with Crippen LogP contribution >= 0.6 is 15.9 Å². The van der Waals surface area contributed by atoms with Crippen molar-refractivity contribution in [1.82, 2.24) is 5.16 Å². The summed E-state index contributed by atoms with van der Waals surface area (Å²) in [6.07, 6.45) is 0. The van der Waals surface area contributed by atoms with Gasteiger partial charge < -0.3 is 9.26 Å². The summed E-state index contributed by atoms with van der Waals surface area (Å²) in [6.45, 7) is 0. The van der Waals surface area contributed by atoms with Crippen molar-refractivity contribution in [3.63, 3.8) is 0 Å². The van der Waals surface area contributed by atoms with Gasteiger partial charge in [0.25, 0.3) is 0 Å². The van der Waals surface area contributed by atoms with Gasteiger partial charge in [0.05, 0.1) is 0 Å². The molecule has 3 rings (SSSR count). The molecule has 0 aliphatic carbocycles. The second-order valence-electron chi connectivity index (χ2n) is 4.29. The summed E-state index contributed by atoms with van der Waals surface area (Å²) in [7, 11) is 0. The van der Waals surface area contributed by atoms with Crippen LogP contribution in [0, 0.1) is 0 Å². The number of carbonyl (C=O) groups excluding carboxylic acids is 1. The lowest BCUT2D eigenvalue weighted by molar-refractivity contribution is 0.0724. The van der Waals surface area contributed by atoms with Crippen molar-refractivity contribution in [3.05, 3.63) is 70.8 Å². The second kappa shape index (κ2) is 5.93. The molecule has 4 nitrogen and oxygen atoms in total. The first kappa shape index (κ1) is 13.6. The molecular formula is C16H10BrNO3. The van der Waals surface area contributed by atoms with Crippen LogP contribution in [-0.4, -0.2) is 11.1 Å². The van der Waals surface area contributed by atoms with Crippen LogP contribution in [0.1, 0.15) is 10.5 Å². The lowest BCUT2D eigenvalue weighted by Gasteiger charge is -2.01. The molecule has 104 valence electrons. The van der Waals surface area contributed by atoms with Gasteiger partial charge in [-0.15, -0.1) is 0 Å². The Kier molecular flexibility index (Phi) is 3.83. The van der Waals surface area contributed by atoms with Crippen LogP contribution in [0.15, 0.2) is 69.7 Å². The molecule has 0 fully saturated rings. The van der Waals surface area contributed by atoms with Gasteiger partial charge in [0.15, 0.2) is 11.5 Å². The molecule has 0 aliphatic rings. The van der Waals surface area contributed by atoms with Crippen molar-refractivity contribution in [1.29, 1.82) is 0 Å². The van der Waals surface area contributed by atoms with Crippen molar-refractivity contribution in [2.75, 3.05) is 0 Å². The number of nitrogens with zero attached hydrogens (tertiary/aromatic N) is 1. The molecule has 0 saturated heterocycles. The lowest BCUT2D eigenvalue weighted by Crippen LogP contribution is -2.08. The van der Waals surface area contributed by atoms with E-state index in [1.165, 1.54) is 0 Å². The smallest absolute Gasteiger partial charge is 0.365 e. The third-order valence-electron chi connectivity index (χ3n) is 2.78. The molecule has 0 saturated carbocycles. The van der Waals surface area contributed by atoms with E-state index in [0.717, 1.165) is 10.0 Å². The highest BCUT2D eigenvalue weighted by Crippen LogP contribution is 2.22. The molecule has 0 radical (unpaired) electrons. The molecule has 0 atom stereocenters. The highest BCUT2D eigenvalue weighted by Gasteiger charge is 2.15. The van der Waals surface area contributed by atoms with Crippen LogP contribution in [0.4, 0.5) is 0 Å². The highest BCUT2D eigenvalue weighted by atomic mass is 79.9. The summed E-state index contributed by atoms with van der Waals surface area (Å²) < 4.78 is 11.2. The zero-order valence-corrected chi connectivity index (χ0v) is 12.4. The number of hydrogen-bond donors (Lipinski definition) is 0. The largest absolute Gasteiger partial charge is 0.422 e.